The van der Waals surface area contributed by atoms with Crippen LogP contribution in [0.3, 0.4) is 0 Å². The summed E-state index contributed by atoms with van der Waals surface area (Å²) in [6.07, 6.45) is -9.00. The summed E-state index contributed by atoms with van der Waals surface area (Å²) in [5.74, 6) is -1.51. The highest BCUT2D eigenvalue weighted by Crippen LogP contribution is 2.28. The maximum atomic E-state index is 11.8. The molecule has 178 valence electrons. The van der Waals surface area contributed by atoms with Gasteiger partial charge in [0.2, 0.25) is 17.7 Å². The van der Waals surface area contributed by atoms with Crippen LogP contribution >= 0.6 is 0 Å². The zero-order valence-electron chi connectivity index (χ0n) is 17.7. The van der Waals surface area contributed by atoms with Crippen molar-refractivity contribution in [1.82, 2.24) is 16.0 Å². The van der Waals surface area contributed by atoms with Crippen molar-refractivity contribution >= 4 is 17.7 Å². The molecule has 2 aliphatic rings. The molecule has 7 N–H and O–H groups in total. The predicted molar refractivity (Wildman–Crippen MR) is 102 cm³/mol. The lowest BCUT2D eigenvalue weighted by Crippen LogP contribution is -2.71. The number of rotatable bonds is 6. The molecule has 2 rings (SSSR count). The molecule has 2 saturated heterocycles. The first-order valence-corrected chi connectivity index (χ1v) is 9.89. The molecule has 13 heteroatoms. The monoisotopic (exact) mass is 449 g/mol. The summed E-state index contributed by atoms with van der Waals surface area (Å²) in [5, 5.41) is 48.4. The minimum Gasteiger partial charge on any atom is -0.394 e. The molecule has 2 fully saturated rings. The Labute approximate surface area is 179 Å². The normalized spacial score (nSPS) is 40.6. The molecule has 2 heterocycles. The van der Waals surface area contributed by atoms with E-state index >= 15 is 0 Å². The molecule has 0 aromatic rings. The fourth-order valence-corrected chi connectivity index (χ4v) is 3.76. The molecule has 0 aliphatic carbocycles. The lowest BCUT2D eigenvalue weighted by atomic mass is 9.93. The number of carbonyl (C=O) groups is 3. The van der Waals surface area contributed by atoms with E-state index < -0.39 is 85.6 Å². The first-order chi connectivity index (χ1) is 14.5. The zero-order valence-corrected chi connectivity index (χ0v) is 17.7. The summed E-state index contributed by atoms with van der Waals surface area (Å²) in [6.45, 7) is 4.54. The van der Waals surface area contributed by atoms with Crippen LogP contribution in [0.4, 0.5) is 0 Å². The Morgan fingerprint density at radius 2 is 1.35 bits per heavy atom. The standard InChI is InChI=1S/C18H31N3O10/c1-6-14(26)11(19-7(2)23)12(20-8(3)24)18(29-6)31-16-13(21-9(4)25)17(28)30-10(5-22)15(16)27/h6,10-18,22,26-28H,5H2,1-4H3,(H,19,23)(H,20,24)(H,21,25)/t6-,10+,11-,12+,13+,14-,15+,16+,17+,18+/m0/s1. The quantitative estimate of drug-likeness (QED) is 0.210. The van der Waals surface area contributed by atoms with Crippen molar-refractivity contribution in [3.05, 3.63) is 0 Å². The number of carbonyl (C=O) groups excluding carboxylic acids is 3. The van der Waals surface area contributed by atoms with Gasteiger partial charge in [0.05, 0.1) is 18.8 Å². The molecule has 3 amide bonds. The van der Waals surface area contributed by atoms with Crippen LogP contribution < -0.4 is 16.0 Å². The number of nitrogens with one attached hydrogen (secondary N) is 3. The van der Waals surface area contributed by atoms with Crippen LogP contribution in [0.15, 0.2) is 0 Å². The molecule has 0 unspecified atom stereocenters. The number of ether oxygens (including phenoxy) is 3. The molecule has 0 spiro atoms. The summed E-state index contributed by atoms with van der Waals surface area (Å²) in [7, 11) is 0. The van der Waals surface area contributed by atoms with Gasteiger partial charge in [-0.2, -0.15) is 0 Å². The van der Waals surface area contributed by atoms with Crippen LogP contribution in [-0.2, 0) is 28.6 Å². The number of hydrogen-bond donors (Lipinski definition) is 7. The van der Waals surface area contributed by atoms with E-state index in [1.165, 1.54) is 27.7 Å². The molecule has 10 atom stereocenters. The topological polar surface area (TPSA) is 196 Å². The SMILES string of the molecule is CC(=O)N[C@@H]1[C@@H](O)[C@H](C)O[C@H](O[C@H]2[C@H](O)[C@@H](CO)O[C@@H](O)[C@@H]2NC(C)=O)[C@@H]1NC(C)=O. The second kappa shape index (κ2) is 10.6. The third kappa shape index (κ3) is 6.10. The van der Waals surface area contributed by atoms with Gasteiger partial charge in [-0.15, -0.1) is 0 Å². The second-order valence-electron chi connectivity index (χ2n) is 7.72. The van der Waals surface area contributed by atoms with E-state index in [0.717, 1.165) is 0 Å². The average molecular weight is 449 g/mol. The van der Waals surface area contributed by atoms with Gasteiger partial charge in [0.1, 0.15) is 36.5 Å². The first kappa shape index (κ1) is 25.4. The molecule has 0 aromatic carbocycles. The van der Waals surface area contributed by atoms with Gasteiger partial charge < -0.3 is 50.6 Å². The summed E-state index contributed by atoms with van der Waals surface area (Å²) >= 11 is 0. The minimum absolute atomic E-state index is 0.467. The number of aliphatic hydroxyl groups is 4. The maximum Gasteiger partial charge on any atom is 0.217 e. The lowest BCUT2D eigenvalue weighted by molar-refractivity contribution is -0.312. The highest BCUT2D eigenvalue weighted by molar-refractivity contribution is 5.75. The highest BCUT2D eigenvalue weighted by atomic mass is 16.7. The van der Waals surface area contributed by atoms with E-state index in [2.05, 4.69) is 16.0 Å². The van der Waals surface area contributed by atoms with Crippen molar-refractivity contribution in [2.45, 2.75) is 88.9 Å². The highest BCUT2D eigenvalue weighted by Gasteiger charge is 2.51. The molecule has 0 bridgehead atoms. The van der Waals surface area contributed by atoms with Gasteiger partial charge in [0, 0.05) is 20.8 Å². The molecule has 0 saturated carbocycles. The third-order valence-corrected chi connectivity index (χ3v) is 5.15. The Morgan fingerprint density at radius 1 is 0.839 bits per heavy atom. The van der Waals surface area contributed by atoms with Crippen molar-refractivity contribution in [1.29, 1.82) is 0 Å². The van der Waals surface area contributed by atoms with E-state index in [0.29, 0.717) is 0 Å². The van der Waals surface area contributed by atoms with Gasteiger partial charge in [0.15, 0.2) is 12.6 Å². The minimum atomic E-state index is -1.62. The molecule has 0 aromatic heterocycles. The zero-order chi connectivity index (χ0) is 23.5. The van der Waals surface area contributed by atoms with Gasteiger partial charge in [-0.1, -0.05) is 0 Å². The van der Waals surface area contributed by atoms with E-state index in [9.17, 15) is 34.8 Å². The van der Waals surface area contributed by atoms with Crippen LogP contribution in [0.1, 0.15) is 27.7 Å². The van der Waals surface area contributed by atoms with E-state index in [-0.39, 0.29) is 0 Å². The Hall–Kier alpha value is -1.87. The van der Waals surface area contributed by atoms with E-state index in [1.807, 2.05) is 0 Å². The second-order valence-corrected chi connectivity index (χ2v) is 7.72. The number of amides is 3. The van der Waals surface area contributed by atoms with Crippen LogP contribution in [-0.4, -0.2) is 106 Å². The van der Waals surface area contributed by atoms with Gasteiger partial charge in [-0.25, -0.2) is 0 Å². The lowest BCUT2D eigenvalue weighted by Gasteiger charge is -2.48. The number of hydrogen-bond acceptors (Lipinski definition) is 10. The summed E-state index contributed by atoms with van der Waals surface area (Å²) in [4.78, 5) is 35.0. The smallest absolute Gasteiger partial charge is 0.217 e. The average Bonchev–Trinajstić information content (AvgIpc) is 2.66. The fourth-order valence-electron chi connectivity index (χ4n) is 3.76. The molecule has 31 heavy (non-hydrogen) atoms. The molecular formula is C18H31N3O10. The summed E-state index contributed by atoms with van der Waals surface area (Å²) < 4.78 is 16.7. The Morgan fingerprint density at radius 3 is 1.87 bits per heavy atom. The maximum absolute atomic E-state index is 11.8. The van der Waals surface area contributed by atoms with E-state index in [1.54, 1.807) is 0 Å². The van der Waals surface area contributed by atoms with Gasteiger partial charge >= 0.3 is 0 Å². The Kier molecular flexibility index (Phi) is 8.71. The summed E-state index contributed by atoms with van der Waals surface area (Å²) in [5.41, 5.74) is 0. The van der Waals surface area contributed by atoms with E-state index in [4.69, 9.17) is 14.2 Å². The van der Waals surface area contributed by atoms with Gasteiger partial charge in [-0.05, 0) is 6.92 Å². The number of aliphatic hydroxyl groups excluding tert-OH is 4. The molecular weight excluding hydrogens is 418 g/mol. The Bertz CT molecular complexity index is 664. The fraction of sp³-hybridized carbons (Fsp3) is 0.833. The van der Waals surface area contributed by atoms with Crippen molar-refractivity contribution in [3.63, 3.8) is 0 Å². The van der Waals surface area contributed by atoms with Crippen LogP contribution in [0, 0.1) is 0 Å². The third-order valence-electron chi connectivity index (χ3n) is 5.15. The summed E-state index contributed by atoms with van der Waals surface area (Å²) in [6, 6.07) is -3.31. The molecule has 2 aliphatic heterocycles. The predicted octanol–water partition coefficient (Wildman–Crippen LogP) is -3.94. The van der Waals surface area contributed by atoms with Crippen molar-refractivity contribution in [2.24, 2.45) is 0 Å². The van der Waals surface area contributed by atoms with Gasteiger partial charge in [-0.3, -0.25) is 14.4 Å². The first-order valence-electron chi connectivity index (χ1n) is 9.89. The van der Waals surface area contributed by atoms with Crippen molar-refractivity contribution in [2.75, 3.05) is 6.61 Å². The van der Waals surface area contributed by atoms with Crippen LogP contribution in [0.25, 0.3) is 0 Å². The largest absolute Gasteiger partial charge is 0.394 e. The van der Waals surface area contributed by atoms with Crippen molar-refractivity contribution in [3.8, 4) is 0 Å². The van der Waals surface area contributed by atoms with Gasteiger partial charge in [0.25, 0.3) is 0 Å². The molecule has 13 nitrogen and oxygen atoms in total. The Balaban J connectivity index is 2.36. The van der Waals surface area contributed by atoms with Crippen LogP contribution in [0.5, 0.6) is 0 Å². The molecule has 0 radical (unpaired) electrons. The van der Waals surface area contributed by atoms with Crippen molar-refractivity contribution < 1.29 is 49.0 Å². The van der Waals surface area contributed by atoms with Crippen LogP contribution in [0.2, 0.25) is 0 Å².